The predicted molar refractivity (Wildman–Crippen MR) is 94.6 cm³/mol. The Morgan fingerprint density at radius 1 is 1.32 bits per heavy atom. The van der Waals surface area contributed by atoms with Gasteiger partial charge in [0.25, 0.3) is 0 Å². The van der Waals surface area contributed by atoms with E-state index >= 15 is 0 Å². The van der Waals surface area contributed by atoms with Crippen molar-refractivity contribution < 1.29 is 4.79 Å². The Morgan fingerprint density at radius 3 is 2.36 bits per heavy atom. The predicted octanol–water partition coefficient (Wildman–Crippen LogP) is 2.84. The van der Waals surface area contributed by atoms with Crippen molar-refractivity contribution in [2.24, 2.45) is 11.7 Å². The highest BCUT2D eigenvalue weighted by Gasteiger charge is 2.33. The number of likely N-dealkylation sites (N-methyl/N-ethyl adjacent to an activating group) is 1. The number of amides is 1. The molecule has 1 atom stereocenters. The van der Waals surface area contributed by atoms with E-state index in [1.165, 1.54) is 18.4 Å². The number of carbonyl (C=O) groups excluding carboxylic acids is 1. The first-order valence-corrected chi connectivity index (χ1v) is 7.81. The van der Waals surface area contributed by atoms with Gasteiger partial charge < -0.3 is 11.1 Å². The summed E-state index contributed by atoms with van der Waals surface area (Å²) < 4.78 is 0. The first-order valence-electron chi connectivity index (χ1n) is 7.81. The largest absolute Gasteiger partial charge is 0.329 e. The molecular weight excluding hydrogens is 298 g/mol. The summed E-state index contributed by atoms with van der Waals surface area (Å²) in [7, 11) is 1.98. The highest BCUT2D eigenvalue weighted by atomic mass is 35.5. The lowest BCUT2D eigenvalue weighted by Gasteiger charge is -2.26. The number of hydrogen-bond donors (Lipinski definition) is 2. The maximum Gasteiger partial charge on any atom is 0.238 e. The molecule has 0 aromatic heterocycles. The molecule has 1 amide bonds. The van der Waals surface area contributed by atoms with Crippen molar-refractivity contribution in [1.82, 2.24) is 4.90 Å². The van der Waals surface area contributed by atoms with Crippen LogP contribution in [-0.2, 0) is 4.79 Å². The Labute approximate surface area is 139 Å². The van der Waals surface area contributed by atoms with Crippen LogP contribution < -0.4 is 11.1 Å². The van der Waals surface area contributed by atoms with Crippen molar-refractivity contribution in [1.29, 1.82) is 0 Å². The Bertz CT molecular complexity index is 471. The number of hydrogen-bond acceptors (Lipinski definition) is 3. The first-order chi connectivity index (χ1) is 10.0. The monoisotopic (exact) mass is 325 g/mol. The Balaban J connectivity index is 0.00000242. The van der Waals surface area contributed by atoms with E-state index in [0.29, 0.717) is 31.0 Å². The Morgan fingerprint density at radius 2 is 1.91 bits per heavy atom. The molecule has 22 heavy (non-hydrogen) atoms. The van der Waals surface area contributed by atoms with Gasteiger partial charge in [0.1, 0.15) is 0 Å². The number of rotatable bonds is 7. The van der Waals surface area contributed by atoms with E-state index in [0.717, 1.165) is 5.69 Å². The zero-order valence-corrected chi connectivity index (χ0v) is 14.5. The molecule has 0 radical (unpaired) electrons. The molecule has 0 saturated heterocycles. The number of halogens is 1. The van der Waals surface area contributed by atoms with Crippen LogP contribution in [0.4, 0.5) is 5.69 Å². The molecule has 1 saturated carbocycles. The second kappa shape index (κ2) is 8.51. The Hall–Kier alpha value is -1.10. The lowest BCUT2D eigenvalue weighted by molar-refractivity contribution is -0.117. The molecule has 1 aromatic rings. The van der Waals surface area contributed by atoms with Gasteiger partial charge in [-0.15, -0.1) is 12.4 Å². The molecule has 1 unspecified atom stereocenters. The van der Waals surface area contributed by atoms with Gasteiger partial charge in [0.15, 0.2) is 0 Å². The molecule has 0 spiro atoms. The quantitative estimate of drug-likeness (QED) is 0.810. The fourth-order valence-corrected chi connectivity index (χ4v) is 2.71. The van der Waals surface area contributed by atoms with Crippen LogP contribution in [0.1, 0.15) is 38.2 Å². The SMILES string of the molecule is CC(C)c1ccc(NC(=O)CN(C)C(CN)C2CC2)cc1.Cl. The molecule has 1 aliphatic rings. The summed E-state index contributed by atoms with van der Waals surface area (Å²) in [6.45, 7) is 5.34. The van der Waals surface area contributed by atoms with E-state index in [4.69, 9.17) is 5.73 Å². The summed E-state index contributed by atoms with van der Waals surface area (Å²) in [5, 5.41) is 2.96. The third-order valence-electron chi connectivity index (χ3n) is 4.23. The van der Waals surface area contributed by atoms with Gasteiger partial charge in [-0.25, -0.2) is 0 Å². The van der Waals surface area contributed by atoms with Crippen LogP contribution in [0.3, 0.4) is 0 Å². The van der Waals surface area contributed by atoms with Gasteiger partial charge in [-0.2, -0.15) is 0 Å². The van der Waals surface area contributed by atoms with Crippen LogP contribution in [0.25, 0.3) is 0 Å². The summed E-state index contributed by atoms with van der Waals surface area (Å²) >= 11 is 0. The minimum absolute atomic E-state index is 0. The first kappa shape index (κ1) is 18.9. The highest BCUT2D eigenvalue weighted by molar-refractivity contribution is 5.92. The second-order valence-corrected chi connectivity index (χ2v) is 6.38. The minimum atomic E-state index is 0. The van der Waals surface area contributed by atoms with Gasteiger partial charge in [0.05, 0.1) is 6.54 Å². The van der Waals surface area contributed by atoms with Gasteiger partial charge in [0.2, 0.25) is 5.91 Å². The van der Waals surface area contributed by atoms with Crippen molar-refractivity contribution in [2.45, 2.75) is 38.6 Å². The van der Waals surface area contributed by atoms with E-state index in [1.807, 2.05) is 19.2 Å². The maximum atomic E-state index is 12.1. The van der Waals surface area contributed by atoms with Crippen LogP contribution in [0.5, 0.6) is 0 Å². The minimum Gasteiger partial charge on any atom is -0.329 e. The topological polar surface area (TPSA) is 58.4 Å². The molecule has 5 heteroatoms. The molecule has 124 valence electrons. The lowest BCUT2D eigenvalue weighted by atomic mass is 10.0. The zero-order chi connectivity index (χ0) is 15.4. The van der Waals surface area contributed by atoms with Crippen LogP contribution in [-0.4, -0.2) is 37.0 Å². The summed E-state index contributed by atoms with van der Waals surface area (Å²) in [6, 6.07) is 8.40. The zero-order valence-electron chi connectivity index (χ0n) is 13.7. The normalized spacial score (nSPS) is 15.5. The van der Waals surface area contributed by atoms with Gasteiger partial charge in [-0.1, -0.05) is 26.0 Å². The lowest BCUT2D eigenvalue weighted by Crippen LogP contribution is -2.43. The van der Waals surface area contributed by atoms with Crippen molar-refractivity contribution >= 4 is 24.0 Å². The van der Waals surface area contributed by atoms with Crippen molar-refractivity contribution in [3.8, 4) is 0 Å². The Kier molecular flexibility index (Phi) is 7.33. The number of benzene rings is 1. The summed E-state index contributed by atoms with van der Waals surface area (Å²) in [6.07, 6.45) is 2.48. The van der Waals surface area contributed by atoms with Crippen LogP contribution >= 0.6 is 12.4 Å². The highest BCUT2D eigenvalue weighted by Crippen LogP contribution is 2.34. The molecule has 1 aliphatic carbocycles. The van der Waals surface area contributed by atoms with Crippen LogP contribution in [0.15, 0.2) is 24.3 Å². The molecule has 2 rings (SSSR count). The number of nitrogens with two attached hydrogens (primary N) is 1. The van der Waals surface area contributed by atoms with Gasteiger partial charge >= 0.3 is 0 Å². The number of anilines is 1. The van der Waals surface area contributed by atoms with Gasteiger partial charge in [-0.3, -0.25) is 9.69 Å². The maximum absolute atomic E-state index is 12.1. The van der Waals surface area contributed by atoms with Crippen LogP contribution in [0.2, 0.25) is 0 Å². The molecular formula is C17H28ClN3O. The molecule has 1 aromatic carbocycles. The number of nitrogens with one attached hydrogen (secondary N) is 1. The third kappa shape index (κ3) is 5.27. The number of carbonyl (C=O) groups is 1. The molecule has 1 fully saturated rings. The van der Waals surface area contributed by atoms with E-state index in [-0.39, 0.29) is 18.3 Å². The molecule has 0 aliphatic heterocycles. The molecule has 0 bridgehead atoms. The molecule has 4 nitrogen and oxygen atoms in total. The fourth-order valence-electron chi connectivity index (χ4n) is 2.71. The third-order valence-corrected chi connectivity index (χ3v) is 4.23. The van der Waals surface area contributed by atoms with Crippen molar-refractivity contribution in [3.05, 3.63) is 29.8 Å². The second-order valence-electron chi connectivity index (χ2n) is 6.38. The van der Waals surface area contributed by atoms with Crippen molar-refractivity contribution in [2.75, 3.05) is 25.5 Å². The van der Waals surface area contributed by atoms with E-state index in [1.54, 1.807) is 0 Å². The average Bonchev–Trinajstić information content (AvgIpc) is 3.24. The molecule has 3 N–H and O–H groups in total. The standard InChI is InChI=1S/C17H27N3O.ClH/c1-12(2)13-6-8-15(9-7-13)19-17(21)11-20(3)16(10-18)14-4-5-14;/h6-9,12,14,16H,4-5,10-11,18H2,1-3H3,(H,19,21);1H. The van der Waals surface area contributed by atoms with Gasteiger partial charge in [-0.05, 0) is 49.4 Å². The average molecular weight is 326 g/mol. The smallest absolute Gasteiger partial charge is 0.238 e. The van der Waals surface area contributed by atoms with Crippen LogP contribution in [0, 0.1) is 5.92 Å². The summed E-state index contributed by atoms with van der Waals surface area (Å²) in [4.78, 5) is 14.2. The summed E-state index contributed by atoms with van der Waals surface area (Å²) in [5.41, 5.74) is 7.95. The van der Waals surface area contributed by atoms with E-state index in [9.17, 15) is 4.79 Å². The fraction of sp³-hybridized carbons (Fsp3) is 0.588. The van der Waals surface area contributed by atoms with Crippen molar-refractivity contribution in [3.63, 3.8) is 0 Å². The molecule has 0 heterocycles. The van der Waals surface area contributed by atoms with E-state index in [2.05, 4.69) is 36.2 Å². The number of nitrogens with zero attached hydrogens (tertiary/aromatic N) is 1. The van der Waals surface area contributed by atoms with Gasteiger partial charge in [0, 0.05) is 18.3 Å². The summed E-state index contributed by atoms with van der Waals surface area (Å²) in [5.74, 6) is 1.21. The van der Waals surface area contributed by atoms with E-state index < -0.39 is 0 Å².